The van der Waals surface area contributed by atoms with E-state index in [-0.39, 0.29) is 5.88 Å². The highest BCUT2D eigenvalue weighted by Crippen LogP contribution is 2.36. The predicted molar refractivity (Wildman–Crippen MR) is 98.2 cm³/mol. The second-order valence-electron chi connectivity index (χ2n) is 5.67. The Morgan fingerprint density at radius 3 is 2.69 bits per heavy atom. The number of nitrogens with two attached hydrogens (primary N) is 1. The fourth-order valence-electron chi connectivity index (χ4n) is 2.66. The molecule has 0 bridgehead atoms. The minimum atomic E-state index is 0.217. The van der Waals surface area contributed by atoms with Gasteiger partial charge in [0, 0.05) is 11.8 Å². The van der Waals surface area contributed by atoms with Gasteiger partial charge < -0.3 is 15.0 Å². The van der Waals surface area contributed by atoms with Crippen LogP contribution in [0.25, 0.3) is 22.5 Å². The fraction of sp³-hybridized carbons (Fsp3) is 0.0500. The molecule has 0 radical (unpaired) electrons. The van der Waals surface area contributed by atoms with Crippen molar-refractivity contribution in [2.45, 2.75) is 6.61 Å². The smallest absolute Gasteiger partial charge is 0.232 e. The van der Waals surface area contributed by atoms with Crippen molar-refractivity contribution in [3.8, 4) is 28.3 Å². The molecule has 0 amide bonds. The average Bonchev–Trinajstić information content (AvgIpc) is 3.09. The summed E-state index contributed by atoms with van der Waals surface area (Å²) in [6, 6.07) is 19.4. The van der Waals surface area contributed by atoms with Crippen LogP contribution in [0.2, 0.25) is 0 Å². The van der Waals surface area contributed by atoms with Gasteiger partial charge in [-0.25, -0.2) is 9.97 Å². The summed E-state index contributed by atoms with van der Waals surface area (Å²) in [6.07, 6.45) is 3.11. The standard InChI is InChI=1S/C20H16N4O2/c21-20-18(17-9-10-22-13-23-17)19(24-26-20)15-7-4-8-16(11-15)25-12-14-5-2-1-3-6-14/h1-11,13H,12,21H2. The molecule has 0 aliphatic carbocycles. The van der Waals surface area contributed by atoms with Gasteiger partial charge in [0.05, 0.1) is 11.3 Å². The van der Waals surface area contributed by atoms with Crippen LogP contribution in [0.3, 0.4) is 0 Å². The van der Waals surface area contributed by atoms with Crippen LogP contribution in [-0.2, 0) is 6.61 Å². The van der Waals surface area contributed by atoms with Crippen LogP contribution in [0.5, 0.6) is 5.75 Å². The molecular formula is C20H16N4O2. The van der Waals surface area contributed by atoms with Gasteiger partial charge in [-0.3, -0.25) is 0 Å². The van der Waals surface area contributed by atoms with E-state index in [2.05, 4.69) is 15.1 Å². The summed E-state index contributed by atoms with van der Waals surface area (Å²) in [5.74, 6) is 0.955. The van der Waals surface area contributed by atoms with Crippen LogP contribution < -0.4 is 10.5 Å². The Morgan fingerprint density at radius 1 is 1.00 bits per heavy atom. The quantitative estimate of drug-likeness (QED) is 0.590. The first-order valence-corrected chi connectivity index (χ1v) is 8.10. The first kappa shape index (κ1) is 15.8. The van der Waals surface area contributed by atoms with Crippen molar-refractivity contribution in [3.63, 3.8) is 0 Å². The van der Waals surface area contributed by atoms with Gasteiger partial charge in [-0.15, -0.1) is 0 Å². The first-order chi connectivity index (χ1) is 12.8. The molecule has 128 valence electrons. The van der Waals surface area contributed by atoms with Gasteiger partial charge in [0.1, 0.15) is 24.4 Å². The van der Waals surface area contributed by atoms with Crippen molar-refractivity contribution < 1.29 is 9.26 Å². The predicted octanol–water partition coefficient (Wildman–Crippen LogP) is 3.96. The molecule has 4 aromatic rings. The van der Waals surface area contributed by atoms with Crippen molar-refractivity contribution in [1.29, 1.82) is 0 Å². The fourth-order valence-corrected chi connectivity index (χ4v) is 2.66. The Labute approximate surface area is 150 Å². The summed E-state index contributed by atoms with van der Waals surface area (Å²) < 4.78 is 11.1. The number of hydrogen-bond acceptors (Lipinski definition) is 6. The molecule has 26 heavy (non-hydrogen) atoms. The molecule has 6 nitrogen and oxygen atoms in total. The second-order valence-corrected chi connectivity index (χ2v) is 5.67. The van der Waals surface area contributed by atoms with Crippen molar-refractivity contribution in [2.75, 3.05) is 5.73 Å². The maximum Gasteiger partial charge on any atom is 0.232 e. The summed E-state index contributed by atoms with van der Waals surface area (Å²) in [6.45, 7) is 0.490. The van der Waals surface area contributed by atoms with Crippen LogP contribution in [-0.4, -0.2) is 15.1 Å². The van der Waals surface area contributed by atoms with E-state index in [1.807, 2.05) is 54.6 Å². The molecule has 0 aliphatic rings. The van der Waals surface area contributed by atoms with E-state index in [0.29, 0.717) is 23.6 Å². The monoisotopic (exact) mass is 344 g/mol. The number of nitrogens with zero attached hydrogens (tertiary/aromatic N) is 3. The van der Waals surface area contributed by atoms with Gasteiger partial charge in [-0.1, -0.05) is 47.6 Å². The molecule has 6 heteroatoms. The van der Waals surface area contributed by atoms with Gasteiger partial charge in [0.25, 0.3) is 0 Å². The lowest BCUT2D eigenvalue weighted by Crippen LogP contribution is -1.95. The molecule has 0 fully saturated rings. The maximum atomic E-state index is 5.96. The highest BCUT2D eigenvalue weighted by Gasteiger charge is 2.18. The van der Waals surface area contributed by atoms with E-state index in [1.165, 1.54) is 6.33 Å². The largest absolute Gasteiger partial charge is 0.489 e. The molecule has 2 aromatic heterocycles. The lowest BCUT2D eigenvalue weighted by Gasteiger charge is -2.08. The molecule has 2 heterocycles. The molecule has 0 saturated heterocycles. The van der Waals surface area contributed by atoms with E-state index in [9.17, 15) is 0 Å². The van der Waals surface area contributed by atoms with E-state index in [0.717, 1.165) is 16.9 Å². The molecule has 2 aromatic carbocycles. The number of nitrogen functional groups attached to an aromatic ring is 1. The minimum Gasteiger partial charge on any atom is -0.489 e. The highest BCUT2D eigenvalue weighted by molar-refractivity contribution is 5.85. The second kappa shape index (κ2) is 7.06. The lowest BCUT2D eigenvalue weighted by atomic mass is 10.0. The lowest BCUT2D eigenvalue weighted by molar-refractivity contribution is 0.306. The molecule has 0 saturated carbocycles. The third-order valence-corrected chi connectivity index (χ3v) is 3.91. The Hall–Kier alpha value is -3.67. The number of hydrogen-bond donors (Lipinski definition) is 1. The molecule has 0 aliphatic heterocycles. The third-order valence-electron chi connectivity index (χ3n) is 3.91. The van der Waals surface area contributed by atoms with Crippen LogP contribution >= 0.6 is 0 Å². The average molecular weight is 344 g/mol. The van der Waals surface area contributed by atoms with E-state index in [4.69, 9.17) is 15.0 Å². The number of aromatic nitrogens is 3. The third kappa shape index (κ3) is 3.25. The summed E-state index contributed by atoms with van der Waals surface area (Å²) in [5.41, 5.74) is 9.82. The molecule has 0 spiro atoms. The van der Waals surface area contributed by atoms with Gasteiger partial charge in [0.15, 0.2) is 0 Å². The van der Waals surface area contributed by atoms with Crippen molar-refractivity contribution >= 4 is 5.88 Å². The summed E-state index contributed by atoms with van der Waals surface area (Å²) >= 11 is 0. The van der Waals surface area contributed by atoms with Crippen molar-refractivity contribution in [3.05, 3.63) is 78.8 Å². The summed E-state index contributed by atoms with van der Waals surface area (Å²) in [7, 11) is 0. The summed E-state index contributed by atoms with van der Waals surface area (Å²) in [4.78, 5) is 8.18. The zero-order valence-corrected chi connectivity index (χ0v) is 13.9. The number of ether oxygens (including phenoxy) is 1. The first-order valence-electron chi connectivity index (χ1n) is 8.10. The van der Waals surface area contributed by atoms with Crippen molar-refractivity contribution in [1.82, 2.24) is 15.1 Å². The number of rotatable bonds is 5. The van der Waals surface area contributed by atoms with Gasteiger partial charge >= 0.3 is 0 Å². The topological polar surface area (TPSA) is 87.1 Å². The molecule has 4 rings (SSSR count). The van der Waals surface area contributed by atoms with Gasteiger partial charge in [-0.2, -0.15) is 0 Å². The SMILES string of the molecule is Nc1onc(-c2cccc(OCc3ccccc3)c2)c1-c1ccncn1. The number of benzene rings is 2. The van der Waals surface area contributed by atoms with Crippen LogP contribution in [0.1, 0.15) is 5.56 Å². The highest BCUT2D eigenvalue weighted by atomic mass is 16.5. The van der Waals surface area contributed by atoms with E-state index in [1.54, 1.807) is 12.3 Å². The zero-order chi connectivity index (χ0) is 17.8. The van der Waals surface area contributed by atoms with Crippen molar-refractivity contribution in [2.24, 2.45) is 0 Å². The number of anilines is 1. The van der Waals surface area contributed by atoms with Crippen LogP contribution in [0, 0.1) is 0 Å². The van der Waals surface area contributed by atoms with E-state index < -0.39 is 0 Å². The van der Waals surface area contributed by atoms with E-state index >= 15 is 0 Å². The molecular weight excluding hydrogens is 328 g/mol. The Balaban J connectivity index is 1.63. The molecule has 2 N–H and O–H groups in total. The Kier molecular flexibility index (Phi) is 4.30. The van der Waals surface area contributed by atoms with Gasteiger partial charge in [-0.05, 0) is 23.8 Å². The summed E-state index contributed by atoms with van der Waals surface area (Å²) in [5, 5.41) is 4.11. The van der Waals surface area contributed by atoms with Crippen LogP contribution in [0.15, 0.2) is 77.7 Å². The zero-order valence-electron chi connectivity index (χ0n) is 13.9. The normalized spacial score (nSPS) is 10.6. The Morgan fingerprint density at radius 2 is 1.88 bits per heavy atom. The maximum absolute atomic E-state index is 5.96. The van der Waals surface area contributed by atoms with Gasteiger partial charge in [0.2, 0.25) is 5.88 Å². The molecule has 0 unspecified atom stereocenters. The Bertz CT molecular complexity index is 1000. The minimum absolute atomic E-state index is 0.217. The molecule has 0 atom stereocenters. The van der Waals surface area contributed by atoms with Crippen LogP contribution in [0.4, 0.5) is 5.88 Å².